The van der Waals surface area contributed by atoms with Crippen molar-refractivity contribution in [1.82, 2.24) is 9.47 Å². The Morgan fingerprint density at radius 3 is 2.88 bits per heavy atom. The third-order valence-electron chi connectivity index (χ3n) is 4.62. The highest BCUT2D eigenvalue weighted by Crippen LogP contribution is 2.42. The van der Waals surface area contributed by atoms with Gasteiger partial charge in [-0.2, -0.15) is 13.2 Å². The van der Waals surface area contributed by atoms with Crippen LogP contribution in [-0.2, 0) is 29.0 Å². The molecule has 24 heavy (non-hydrogen) atoms. The van der Waals surface area contributed by atoms with Gasteiger partial charge in [0.1, 0.15) is 5.44 Å². The van der Waals surface area contributed by atoms with Gasteiger partial charge in [-0.15, -0.1) is 0 Å². The maximum absolute atomic E-state index is 12.7. The summed E-state index contributed by atoms with van der Waals surface area (Å²) in [6, 6.07) is 5.82. The Morgan fingerprint density at radius 1 is 1.38 bits per heavy atom. The van der Waals surface area contributed by atoms with Crippen LogP contribution in [-0.4, -0.2) is 40.6 Å². The molecule has 2 aromatic rings. The minimum absolute atomic E-state index is 0.00292. The van der Waals surface area contributed by atoms with Crippen molar-refractivity contribution in [3.8, 4) is 0 Å². The second kappa shape index (κ2) is 5.42. The summed E-state index contributed by atoms with van der Waals surface area (Å²) in [5.41, 5.74) is 2.87. The molecule has 2 aliphatic heterocycles. The second-order valence-electron chi connectivity index (χ2n) is 5.95. The van der Waals surface area contributed by atoms with Gasteiger partial charge in [-0.05, 0) is 6.07 Å². The molecule has 1 aromatic heterocycles. The highest BCUT2D eigenvalue weighted by Gasteiger charge is 2.44. The van der Waals surface area contributed by atoms with Crippen LogP contribution in [0.1, 0.15) is 11.3 Å². The Balaban J connectivity index is 1.80. The monoisotopic (exact) mass is 356 g/mol. The molecule has 0 bridgehead atoms. The van der Waals surface area contributed by atoms with Crippen LogP contribution in [0.3, 0.4) is 0 Å². The van der Waals surface area contributed by atoms with Crippen molar-refractivity contribution in [2.75, 3.05) is 13.7 Å². The number of carbonyl (C=O) groups excluding carboxylic acids is 1. The lowest BCUT2D eigenvalue weighted by Gasteiger charge is -2.30. The maximum Gasteiger partial charge on any atom is 0.471 e. The topological polar surface area (TPSA) is 34.5 Å². The molecule has 8 heteroatoms. The van der Waals surface area contributed by atoms with Crippen LogP contribution in [0.15, 0.2) is 23.1 Å². The fraction of sp³-hybridized carbons (Fsp3) is 0.438. The number of hydrogen-bond donors (Lipinski definition) is 0. The van der Waals surface area contributed by atoms with E-state index in [1.807, 2.05) is 18.2 Å². The summed E-state index contributed by atoms with van der Waals surface area (Å²) < 4.78 is 45.9. The normalized spacial score (nSPS) is 20.3. The van der Waals surface area contributed by atoms with Gasteiger partial charge in [0.05, 0.1) is 12.1 Å². The van der Waals surface area contributed by atoms with E-state index < -0.39 is 12.1 Å². The molecule has 0 fully saturated rings. The Morgan fingerprint density at radius 2 is 2.17 bits per heavy atom. The Kier molecular flexibility index (Phi) is 3.58. The van der Waals surface area contributed by atoms with E-state index in [0.717, 1.165) is 32.0 Å². The van der Waals surface area contributed by atoms with E-state index in [4.69, 9.17) is 4.74 Å². The highest BCUT2D eigenvalue weighted by molar-refractivity contribution is 8.00. The molecule has 0 saturated heterocycles. The molecule has 0 spiro atoms. The first-order valence-electron chi connectivity index (χ1n) is 7.58. The Labute approximate surface area is 140 Å². The van der Waals surface area contributed by atoms with Crippen LogP contribution in [0.25, 0.3) is 10.9 Å². The van der Waals surface area contributed by atoms with Crippen LogP contribution < -0.4 is 0 Å². The number of fused-ring (bicyclic) bond motifs is 3. The molecular formula is C16H15F3N2O2S. The van der Waals surface area contributed by atoms with Crippen molar-refractivity contribution in [3.05, 3.63) is 29.5 Å². The molecule has 0 N–H and O–H groups in total. The minimum atomic E-state index is -4.83. The van der Waals surface area contributed by atoms with E-state index >= 15 is 0 Å². The third kappa shape index (κ3) is 2.31. The molecule has 1 aromatic carbocycles. The van der Waals surface area contributed by atoms with Gasteiger partial charge in [-0.1, -0.05) is 23.9 Å². The first-order chi connectivity index (χ1) is 11.4. The summed E-state index contributed by atoms with van der Waals surface area (Å²) in [6.45, 7) is 0.752. The van der Waals surface area contributed by atoms with Crippen molar-refractivity contribution >= 4 is 28.6 Å². The Bertz CT molecular complexity index is 831. The quantitative estimate of drug-likeness (QED) is 0.787. The van der Waals surface area contributed by atoms with Crippen LogP contribution in [0.5, 0.6) is 0 Å². The smallest absolute Gasteiger partial charge is 0.369 e. The average Bonchev–Trinajstić information content (AvgIpc) is 2.88. The maximum atomic E-state index is 12.7. The number of para-hydroxylation sites is 1. The zero-order chi connectivity index (χ0) is 17.1. The number of alkyl halides is 3. The number of rotatable bonds is 1. The minimum Gasteiger partial charge on any atom is -0.369 e. The lowest BCUT2D eigenvalue weighted by Crippen LogP contribution is -2.43. The number of nitrogens with zero attached hydrogens (tertiary/aromatic N) is 2. The fourth-order valence-electron chi connectivity index (χ4n) is 3.57. The predicted molar refractivity (Wildman–Crippen MR) is 83.8 cm³/mol. The summed E-state index contributed by atoms with van der Waals surface area (Å²) in [6.07, 6.45) is -4.40. The number of thioether (sulfide) groups is 1. The fourth-order valence-corrected chi connectivity index (χ4v) is 4.66. The predicted octanol–water partition coefficient (Wildman–Crippen LogP) is 3.17. The van der Waals surface area contributed by atoms with E-state index in [-0.39, 0.29) is 18.5 Å². The number of halogens is 3. The van der Waals surface area contributed by atoms with Crippen molar-refractivity contribution in [2.45, 2.75) is 36.0 Å². The molecular weight excluding hydrogens is 341 g/mol. The first kappa shape index (κ1) is 15.8. The zero-order valence-electron chi connectivity index (χ0n) is 12.9. The summed E-state index contributed by atoms with van der Waals surface area (Å²) >= 11 is 1.62. The van der Waals surface area contributed by atoms with Crippen LogP contribution in [0, 0.1) is 0 Å². The van der Waals surface area contributed by atoms with E-state index in [1.165, 1.54) is 0 Å². The number of amides is 1. The SMILES string of the molecule is COC1Cn2c3c(c4cccc(c42)S1)CN(C(=O)C(F)(F)F)CC3. The molecule has 1 atom stereocenters. The highest BCUT2D eigenvalue weighted by atomic mass is 32.2. The number of aromatic nitrogens is 1. The first-order valence-corrected chi connectivity index (χ1v) is 8.46. The van der Waals surface area contributed by atoms with Gasteiger partial charge in [0.15, 0.2) is 0 Å². The van der Waals surface area contributed by atoms with Crippen molar-refractivity contribution < 1.29 is 22.7 Å². The van der Waals surface area contributed by atoms with Gasteiger partial charge in [-0.25, -0.2) is 0 Å². The summed E-state index contributed by atoms with van der Waals surface area (Å²) in [5, 5.41) is 0.934. The summed E-state index contributed by atoms with van der Waals surface area (Å²) in [4.78, 5) is 13.6. The van der Waals surface area contributed by atoms with Crippen LogP contribution in [0.4, 0.5) is 13.2 Å². The van der Waals surface area contributed by atoms with Crippen LogP contribution >= 0.6 is 11.8 Å². The van der Waals surface area contributed by atoms with E-state index in [2.05, 4.69) is 4.57 Å². The van der Waals surface area contributed by atoms with Crippen LogP contribution in [0.2, 0.25) is 0 Å². The molecule has 1 amide bonds. The van der Waals surface area contributed by atoms with Gasteiger partial charge in [0.2, 0.25) is 0 Å². The van der Waals surface area contributed by atoms with E-state index in [0.29, 0.717) is 13.0 Å². The molecule has 0 saturated carbocycles. The average molecular weight is 356 g/mol. The molecule has 0 radical (unpaired) electrons. The van der Waals surface area contributed by atoms with E-state index in [1.54, 1.807) is 18.9 Å². The molecule has 4 nitrogen and oxygen atoms in total. The van der Waals surface area contributed by atoms with Crippen molar-refractivity contribution in [2.24, 2.45) is 0 Å². The molecule has 128 valence electrons. The largest absolute Gasteiger partial charge is 0.471 e. The number of hydrogen-bond acceptors (Lipinski definition) is 3. The number of benzene rings is 1. The van der Waals surface area contributed by atoms with Gasteiger partial charge < -0.3 is 14.2 Å². The van der Waals surface area contributed by atoms with Crippen molar-refractivity contribution in [3.63, 3.8) is 0 Å². The van der Waals surface area contributed by atoms with Gasteiger partial charge in [0, 0.05) is 48.2 Å². The molecule has 2 aliphatic rings. The van der Waals surface area contributed by atoms with E-state index in [9.17, 15) is 18.0 Å². The van der Waals surface area contributed by atoms with Gasteiger partial charge in [0.25, 0.3) is 0 Å². The lowest BCUT2D eigenvalue weighted by atomic mass is 10.0. The number of carbonyl (C=O) groups is 1. The molecule has 3 heterocycles. The van der Waals surface area contributed by atoms with Gasteiger partial charge >= 0.3 is 12.1 Å². The summed E-state index contributed by atoms with van der Waals surface area (Å²) in [5.74, 6) is -1.76. The van der Waals surface area contributed by atoms with Crippen molar-refractivity contribution in [1.29, 1.82) is 0 Å². The summed E-state index contributed by atoms with van der Waals surface area (Å²) in [7, 11) is 1.66. The molecule has 0 aliphatic carbocycles. The van der Waals surface area contributed by atoms with Gasteiger partial charge in [-0.3, -0.25) is 4.79 Å². The standard InChI is InChI=1S/C16H15F3N2O2S/c1-23-13-8-21-11-5-6-20(15(22)16(17,18)19)7-10(11)9-3-2-4-12(24-13)14(9)21/h2-4,13H,5-8H2,1H3. The zero-order valence-corrected chi connectivity index (χ0v) is 13.7. The Hall–Kier alpha value is -1.67. The molecule has 1 unspecified atom stereocenters. The lowest BCUT2D eigenvalue weighted by molar-refractivity contribution is -0.186. The number of ether oxygens (including phenoxy) is 1. The molecule has 4 rings (SSSR count). The second-order valence-corrected chi connectivity index (χ2v) is 7.15. The number of methoxy groups -OCH3 is 1. The third-order valence-corrected chi connectivity index (χ3v) is 5.81.